The molecule has 1 unspecified atom stereocenters. The Bertz CT molecular complexity index is 338. The number of aliphatic carboxylic acids is 1. The van der Waals surface area contributed by atoms with Gasteiger partial charge in [0.2, 0.25) is 0 Å². The van der Waals surface area contributed by atoms with E-state index in [4.69, 9.17) is 5.11 Å². The number of hydrogen-bond donors (Lipinski definition) is 1. The zero-order valence-corrected chi connectivity index (χ0v) is 9.08. The molecular weight excluding hydrogens is 286 g/mol. The van der Waals surface area contributed by atoms with E-state index in [1.807, 2.05) is 22.6 Å². The van der Waals surface area contributed by atoms with Crippen molar-refractivity contribution in [2.24, 2.45) is 0 Å². The van der Waals surface area contributed by atoms with Crippen molar-refractivity contribution in [1.29, 1.82) is 0 Å². The van der Waals surface area contributed by atoms with E-state index in [0.717, 1.165) is 0 Å². The van der Waals surface area contributed by atoms with Crippen molar-refractivity contribution in [2.45, 2.75) is 12.8 Å². The molecular formula is C9H8FIO2. The Balaban J connectivity index is 3.03. The van der Waals surface area contributed by atoms with Crippen LogP contribution in [0.5, 0.6) is 0 Å². The lowest BCUT2D eigenvalue weighted by atomic mass is 10.0. The quantitative estimate of drug-likeness (QED) is 0.851. The Morgan fingerprint density at radius 2 is 2.23 bits per heavy atom. The van der Waals surface area contributed by atoms with E-state index in [-0.39, 0.29) is 5.82 Å². The molecule has 1 aromatic rings. The van der Waals surface area contributed by atoms with Crippen molar-refractivity contribution >= 4 is 28.6 Å². The molecule has 0 spiro atoms. The van der Waals surface area contributed by atoms with E-state index in [0.29, 0.717) is 9.13 Å². The fourth-order valence-corrected chi connectivity index (χ4v) is 1.26. The van der Waals surface area contributed by atoms with E-state index < -0.39 is 11.9 Å². The monoisotopic (exact) mass is 294 g/mol. The molecule has 13 heavy (non-hydrogen) atoms. The first kappa shape index (κ1) is 10.4. The first-order valence-electron chi connectivity index (χ1n) is 3.70. The van der Waals surface area contributed by atoms with Crippen molar-refractivity contribution in [3.63, 3.8) is 0 Å². The van der Waals surface area contributed by atoms with Crippen LogP contribution in [0.15, 0.2) is 18.2 Å². The molecule has 0 radical (unpaired) electrons. The lowest BCUT2D eigenvalue weighted by Crippen LogP contribution is -2.07. The first-order valence-corrected chi connectivity index (χ1v) is 4.78. The van der Waals surface area contributed by atoms with E-state index in [1.165, 1.54) is 13.0 Å². The van der Waals surface area contributed by atoms with Gasteiger partial charge in [-0.25, -0.2) is 4.39 Å². The summed E-state index contributed by atoms with van der Waals surface area (Å²) in [5, 5.41) is 8.67. The maximum atomic E-state index is 13.0. The largest absolute Gasteiger partial charge is 0.481 e. The highest BCUT2D eigenvalue weighted by atomic mass is 127. The smallest absolute Gasteiger partial charge is 0.310 e. The molecule has 0 aromatic heterocycles. The highest BCUT2D eigenvalue weighted by molar-refractivity contribution is 14.1. The lowest BCUT2D eigenvalue weighted by molar-refractivity contribution is -0.138. The highest BCUT2D eigenvalue weighted by Crippen LogP contribution is 2.19. The van der Waals surface area contributed by atoms with Crippen LogP contribution in [0.4, 0.5) is 4.39 Å². The molecule has 0 aliphatic carbocycles. The summed E-state index contributed by atoms with van der Waals surface area (Å²) in [5.41, 5.74) is 0.491. The highest BCUT2D eigenvalue weighted by Gasteiger charge is 2.14. The molecule has 0 saturated carbocycles. The molecule has 70 valence electrons. The predicted molar refractivity (Wildman–Crippen MR) is 55.2 cm³/mol. The molecule has 0 bridgehead atoms. The van der Waals surface area contributed by atoms with Crippen molar-refractivity contribution in [3.8, 4) is 0 Å². The second-order valence-electron chi connectivity index (χ2n) is 2.73. The zero-order valence-electron chi connectivity index (χ0n) is 6.92. The summed E-state index contributed by atoms with van der Waals surface area (Å²) in [6.45, 7) is 1.53. The minimum atomic E-state index is -0.944. The standard InChI is InChI=1S/C9H8FIO2/c1-5(9(12)13)6-2-3-8(11)7(10)4-6/h2-5H,1H3,(H,12,13). The zero-order chi connectivity index (χ0) is 10.0. The molecule has 1 atom stereocenters. The first-order chi connectivity index (χ1) is 6.02. The normalized spacial score (nSPS) is 12.5. The van der Waals surface area contributed by atoms with Gasteiger partial charge < -0.3 is 5.11 Å². The maximum Gasteiger partial charge on any atom is 0.310 e. The fourth-order valence-electron chi connectivity index (χ4n) is 0.924. The van der Waals surface area contributed by atoms with Gasteiger partial charge in [0.1, 0.15) is 5.82 Å². The van der Waals surface area contributed by atoms with Crippen LogP contribution in [0.2, 0.25) is 0 Å². The summed E-state index contributed by atoms with van der Waals surface area (Å²) in [5.74, 6) is -1.97. The van der Waals surface area contributed by atoms with Gasteiger partial charge in [-0.15, -0.1) is 0 Å². The van der Waals surface area contributed by atoms with Gasteiger partial charge >= 0.3 is 5.97 Å². The van der Waals surface area contributed by atoms with Crippen LogP contribution in [0.1, 0.15) is 18.4 Å². The molecule has 0 amide bonds. The topological polar surface area (TPSA) is 37.3 Å². The van der Waals surface area contributed by atoms with Gasteiger partial charge in [-0.3, -0.25) is 4.79 Å². The molecule has 1 N–H and O–H groups in total. The van der Waals surface area contributed by atoms with Gasteiger partial charge in [-0.1, -0.05) is 6.07 Å². The average Bonchev–Trinajstić information content (AvgIpc) is 2.08. The van der Waals surface area contributed by atoms with Crippen molar-refractivity contribution < 1.29 is 14.3 Å². The number of hydrogen-bond acceptors (Lipinski definition) is 1. The molecule has 4 heteroatoms. The Hall–Kier alpha value is -0.650. The van der Waals surface area contributed by atoms with Crippen LogP contribution >= 0.6 is 22.6 Å². The molecule has 1 aromatic carbocycles. The number of carbonyl (C=O) groups is 1. The minimum absolute atomic E-state index is 0.369. The number of benzene rings is 1. The van der Waals surface area contributed by atoms with Crippen LogP contribution in [-0.4, -0.2) is 11.1 Å². The number of carboxylic acid groups (broad SMARTS) is 1. The third-order valence-corrected chi connectivity index (χ3v) is 2.69. The Kier molecular flexibility index (Phi) is 3.24. The molecule has 0 saturated heterocycles. The number of rotatable bonds is 2. The average molecular weight is 294 g/mol. The van der Waals surface area contributed by atoms with Crippen molar-refractivity contribution in [1.82, 2.24) is 0 Å². The Morgan fingerprint density at radius 1 is 1.62 bits per heavy atom. The van der Waals surface area contributed by atoms with E-state index in [1.54, 1.807) is 12.1 Å². The summed E-state index contributed by atoms with van der Waals surface area (Å²) < 4.78 is 13.5. The van der Waals surface area contributed by atoms with Crippen LogP contribution in [0, 0.1) is 9.39 Å². The summed E-state index contributed by atoms with van der Waals surface area (Å²) in [6, 6.07) is 4.47. The minimum Gasteiger partial charge on any atom is -0.481 e. The Labute approximate surface area is 88.9 Å². The summed E-state index contributed by atoms with van der Waals surface area (Å²) in [4.78, 5) is 10.6. The van der Waals surface area contributed by atoms with Gasteiger partial charge in [-0.05, 0) is 47.2 Å². The molecule has 0 heterocycles. The predicted octanol–water partition coefficient (Wildman–Crippen LogP) is 2.62. The molecule has 2 nitrogen and oxygen atoms in total. The van der Waals surface area contributed by atoms with Crippen molar-refractivity contribution in [2.75, 3.05) is 0 Å². The third kappa shape index (κ3) is 2.40. The van der Waals surface area contributed by atoms with Crippen LogP contribution in [0.25, 0.3) is 0 Å². The van der Waals surface area contributed by atoms with E-state index >= 15 is 0 Å². The number of halogens is 2. The van der Waals surface area contributed by atoms with Crippen LogP contribution in [0.3, 0.4) is 0 Å². The maximum absolute atomic E-state index is 13.0. The molecule has 0 aliphatic heterocycles. The van der Waals surface area contributed by atoms with Gasteiger partial charge in [-0.2, -0.15) is 0 Å². The van der Waals surface area contributed by atoms with Crippen molar-refractivity contribution in [3.05, 3.63) is 33.1 Å². The second kappa shape index (κ2) is 4.04. The lowest BCUT2D eigenvalue weighted by Gasteiger charge is -2.06. The van der Waals surface area contributed by atoms with E-state index in [9.17, 15) is 9.18 Å². The molecule has 0 fully saturated rings. The fraction of sp³-hybridized carbons (Fsp3) is 0.222. The van der Waals surface area contributed by atoms with Gasteiger partial charge in [0.05, 0.1) is 5.92 Å². The van der Waals surface area contributed by atoms with E-state index in [2.05, 4.69) is 0 Å². The SMILES string of the molecule is CC(C(=O)O)c1ccc(I)c(F)c1. The Morgan fingerprint density at radius 3 is 2.69 bits per heavy atom. The van der Waals surface area contributed by atoms with Gasteiger partial charge in [0.15, 0.2) is 0 Å². The summed E-state index contributed by atoms with van der Waals surface area (Å²) in [6.07, 6.45) is 0. The third-order valence-electron chi connectivity index (χ3n) is 1.81. The second-order valence-corrected chi connectivity index (χ2v) is 3.90. The van der Waals surface area contributed by atoms with Gasteiger partial charge in [0.25, 0.3) is 0 Å². The molecule has 0 aliphatic rings. The number of carboxylic acids is 1. The van der Waals surface area contributed by atoms with Crippen LogP contribution < -0.4 is 0 Å². The summed E-state index contributed by atoms with van der Waals surface area (Å²) >= 11 is 1.86. The van der Waals surface area contributed by atoms with Gasteiger partial charge in [0, 0.05) is 3.57 Å². The molecule has 1 rings (SSSR count). The van der Waals surface area contributed by atoms with Crippen LogP contribution in [-0.2, 0) is 4.79 Å². The summed E-state index contributed by atoms with van der Waals surface area (Å²) in [7, 11) is 0.